The van der Waals surface area contributed by atoms with Gasteiger partial charge in [-0.05, 0) is 29.7 Å². The Bertz CT molecular complexity index is 974. The van der Waals surface area contributed by atoms with Crippen LogP contribution in [-0.4, -0.2) is 24.1 Å². The van der Waals surface area contributed by atoms with Crippen molar-refractivity contribution in [2.45, 2.75) is 0 Å². The van der Waals surface area contributed by atoms with Gasteiger partial charge in [0.15, 0.2) is 0 Å². The van der Waals surface area contributed by atoms with Gasteiger partial charge in [-0.2, -0.15) is 0 Å². The van der Waals surface area contributed by atoms with E-state index >= 15 is 0 Å². The highest BCUT2D eigenvalue weighted by atomic mass is 15.1. The molecule has 0 aliphatic rings. The SMILES string of the molecule is CN(C)c1cccc2ccc3nc4ccccc4nc3c12. The normalized spacial score (nSPS) is 11.3. The van der Waals surface area contributed by atoms with Gasteiger partial charge in [-0.25, -0.2) is 9.97 Å². The van der Waals surface area contributed by atoms with E-state index in [0.29, 0.717) is 0 Å². The van der Waals surface area contributed by atoms with Gasteiger partial charge >= 0.3 is 0 Å². The third-order valence-corrected chi connectivity index (χ3v) is 3.81. The van der Waals surface area contributed by atoms with Gasteiger partial charge in [-0.1, -0.05) is 30.3 Å². The molecule has 0 spiro atoms. The van der Waals surface area contributed by atoms with E-state index < -0.39 is 0 Å². The Hall–Kier alpha value is -2.68. The Kier molecular flexibility index (Phi) is 2.54. The Morgan fingerprint density at radius 2 is 1.48 bits per heavy atom. The number of rotatable bonds is 1. The van der Waals surface area contributed by atoms with Crippen LogP contribution in [0.3, 0.4) is 0 Å². The highest BCUT2D eigenvalue weighted by Crippen LogP contribution is 2.31. The minimum Gasteiger partial charge on any atom is -0.377 e. The molecule has 102 valence electrons. The average molecular weight is 273 g/mol. The standard InChI is InChI=1S/C18H15N3/c1-21(2)16-9-5-6-12-10-11-15-18(17(12)16)20-14-8-4-3-7-13(14)19-15/h3-11H,1-2H3. The minimum atomic E-state index is 0.936. The summed E-state index contributed by atoms with van der Waals surface area (Å²) in [6, 6.07) is 18.5. The first-order chi connectivity index (χ1) is 10.2. The van der Waals surface area contributed by atoms with Gasteiger partial charge in [0.25, 0.3) is 0 Å². The molecule has 3 aromatic carbocycles. The van der Waals surface area contributed by atoms with Crippen LogP contribution in [0.25, 0.3) is 32.8 Å². The molecule has 1 heterocycles. The number of benzene rings is 3. The monoisotopic (exact) mass is 273 g/mol. The summed E-state index contributed by atoms with van der Waals surface area (Å²) in [5.74, 6) is 0. The number of hydrogen-bond donors (Lipinski definition) is 0. The average Bonchev–Trinajstić information content (AvgIpc) is 2.52. The molecule has 3 nitrogen and oxygen atoms in total. The summed E-state index contributed by atoms with van der Waals surface area (Å²) in [5.41, 5.74) is 4.95. The molecular weight excluding hydrogens is 258 g/mol. The Morgan fingerprint density at radius 1 is 0.714 bits per heavy atom. The highest BCUT2D eigenvalue weighted by molar-refractivity contribution is 6.12. The zero-order chi connectivity index (χ0) is 14.4. The molecule has 0 N–H and O–H groups in total. The predicted molar refractivity (Wildman–Crippen MR) is 88.9 cm³/mol. The van der Waals surface area contributed by atoms with Gasteiger partial charge in [0, 0.05) is 25.2 Å². The zero-order valence-corrected chi connectivity index (χ0v) is 12.0. The molecule has 1 aromatic heterocycles. The van der Waals surface area contributed by atoms with Gasteiger partial charge in [-0.3, -0.25) is 0 Å². The third-order valence-electron chi connectivity index (χ3n) is 3.81. The second-order valence-corrected chi connectivity index (χ2v) is 5.42. The van der Waals surface area contributed by atoms with Gasteiger partial charge in [0.1, 0.15) is 0 Å². The number of para-hydroxylation sites is 2. The van der Waals surface area contributed by atoms with Crippen molar-refractivity contribution in [2.24, 2.45) is 0 Å². The molecule has 0 radical (unpaired) electrons. The van der Waals surface area contributed by atoms with E-state index in [1.807, 2.05) is 24.3 Å². The number of hydrogen-bond acceptors (Lipinski definition) is 3. The number of nitrogens with zero attached hydrogens (tertiary/aromatic N) is 3. The molecule has 0 unspecified atom stereocenters. The summed E-state index contributed by atoms with van der Waals surface area (Å²) in [7, 11) is 4.12. The van der Waals surface area contributed by atoms with Crippen LogP contribution in [-0.2, 0) is 0 Å². The van der Waals surface area contributed by atoms with Crippen LogP contribution in [0.5, 0.6) is 0 Å². The van der Waals surface area contributed by atoms with Crippen molar-refractivity contribution in [2.75, 3.05) is 19.0 Å². The van der Waals surface area contributed by atoms with Crippen molar-refractivity contribution in [1.82, 2.24) is 9.97 Å². The maximum Gasteiger partial charge on any atom is 0.0993 e. The van der Waals surface area contributed by atoms with Gasteiger partial charge in [0.2, 0.25) is 0 Å². The van der Waals surface area contributed by atoms with Crippen molar-refractivity contribution in [3.05, 3.63) is 54.6 Å². The first-order valence-electron chi connectivity index (χ1n) is 6.99. The summed E-state index contributed by atoms with van der Waals surface area (Å²) < 4.78 is 0. The minimum absolute atomic E-state index is 0.936. The lowest BCUT2D eigenvalue weighted by Crippen LogP contribution is -2.09. The van der Waals surface area contributed by atoms with Crippen LogP contribution in [0, 0.1) is 0 Å². The van der Waals surface area contributed by atoms with Crippen LogP contribution in [0.2, 0.25) is 0 Å². The Balaban J connectivity index is 2.24. The fourth-order valence-electron chi connectivity index (χ4n) is 2.81. The maximum absolute atomic E-state index is 4.86. The quantitative estimate of drug-likeness (QED) is 0.388. The molecule has 4 rings (SSSR count). The molecule has 0 bridgehead atoms. The van der Waals surface area contributed by atoms with Crippen LogP contribution < -0.4 is 4.90 Å². The number of aromatic nitrogens is 2. The van der Waals surface area contributed by atoms with E-state index in [9.17, 15) is 0 Å². The van der Waals surface area contributed by atoms with E-state index in [1.165, 1.54) is 16.5 Å². The fraction of sp³-hybridized carbons (Fsp3) is 0.111. The fourth-order valence-corrected chi connectivity index (χ4v) is 2.81. The highest BCUT2D eigenvalue weighted by Gasteiger charge is 2.10. The summed E-state index contributed by atoms with van der Waals surface area (Å²) in [4.78, 5) is 11.7. The topological polar surface area (TPSA) is 29.0 Å². The predicted octanol–water partition coefficient (Wildman–Crippen LogP) is 4.00. The van der Waals surface area contributed by atoms with E-state index in [-0.39, 0.29) is 0 Å². The van der Waals surface area contributed by atoms with E-state index in [2.05, 4.69) is 49.3 Å². The van der Waals surface area contributed by atoms with Crippen molar-refractivity contribution >= 4 is 38.5 Å². The lowest BCUT2D eigenvalue weighted by atomic mass is 10.1. The molecule has 0 amide bonds. The van der Waals surface area contributed by atoms with Crippen LogP contribution in [0.1, 0.15) is 0 Å². The van der Waals surface area contributed by atoms with Gasteiger partial charge < -0.3 is 4.90 Å². The molecule has 0 aliphatic carbocycles. The first-order valence-corrected chi connectivity index (χ1v) is 6.99. The smallest absolute Gasteiger partial charge is 0.0993 e. The summed E-state index contributed by atoms with van der Waals surface area (Å²) >= 11 is 0. The zero-order valence-electron chi connectivity index (χ0n) is 12.0. The molecule has 0 saturated heterocycles. The summed E-state index contributed by atoms with van der Waals surface area (Å²) in [6.45, 7) is 0. The third kappa shape index (κ3) is 1.82. The van der Waals surface area contributed by atoms with Crippen molar-refractivity contribution in [3.8, 4) is 0 Å². The molecule has 4 aromatic rings. The van der Waals surface area contributed by atoms with Crippen molar-refractivity contribution < 1.29 is 0 Å². The molecule has 0 saturated carbocycles. The molecule has 0 fully saturated rings. The Labute approximate surface area is 122 Å². The molecule has 21 heavy (non-hydrogen) atoms. The first kappa shape index (κ1) is 12.1. The van der Waals surface area contributed by atoms with Crippen LogP contribution in [0.4, 0.5) is 5.69 Å². The van der Waals surface area contributed by atoms with Crippen molar-refractivity contribution in [1.29, 1.82) is 0 Å². The summed E-state index contributed by atoms with van der Waals surface area (Å²) in [5, 5.41) is 2.36. The number of anilines is 1. The van der Waals surface area contributed by atoms with Gasteiger partial charge in [0.05, 0.1) is 22.1 Å². The largest absolute Gasteiger partial charge is 0.377 e. The molecule has 0 atom stereocenters. The second-order valence-electron chi connectivity index (χ2n) is 5.42. The molecule has 3 heteroatoms. The van der Waals surface area contributed by atoms with E-state index in [4.69, 9.17) is 9.97 Å². The van der Waals surface area contributed by atoms with Gasteiger partial charge in [-0.15, -0.1) is 0 Å². The van der Waals surface area contributed by atoms with Crippen molar-refractivity contribution in [3.63, 3.8) is 0 Å². The lowest BCUT2D eigenvalue weighted by Gasteiger charge is -2.16. The number of fused-ring (bicyclic) bond motifs is 4. The lowest BCUT2D eigenvalue weighted by molar-refractivity contribution is 1.14. The Morgan fingerprint density at radius 3 is 2.24 bits per heavy atom. The maximum atomic E-state index is 4.86. The molecule has 0 aliphatic heterocycles. The van der Waals surface area contributed by atoms with Crippen LogP contribution in [0.15, 0.2) is 54.6 Å². The van der Waals surface area contributed by atoms with Crippen LogP contribution >= 0.6 is 0 Å². The molecular formula is C18H15N3. The second kappa shape index (κ2) is 4.42. The van der Waals surface area contributed by atoms with E-state index in [0.717, 1.165) is 22.1 Å². The van der Waals surface area contributed by atoms with E-state index in [1.54, 1.807) is 0 Å². The summed E-state index contributed by atoms with van der Waals surface area (Å²) in [6.07, 6.45) is 0.